The smallest absolute Gasteiger partial charge is 0.260 e. The molecule has 0 fully saturated rings. The van der Waals surface area contributed by atoms with Crippen LogP contribution >= 0.6 is 0 Å². The van der Waals surface area contributed by atoms with Gasteiger partial charge in [-0.3, -0.25) is 19.2 Å². The predicted octanol–water partition coefficient (Wildman–Crippen LogP) is 3.65. The number of fused-ring (bicyclic) bond motifs is 2. The second-order valence-electron chi connectivity index (χ2n) is 10.1. The van der Waals surface area contributed by atoms with Crippen LogP contribution in [-0.4, -0.2) is 45.5 Å². The van der Waals surface area contributed by atoms with E-state index in [2.05, 4.69) is 4.98 Å². The minimum atomic E-state index is -1.26. The molecule has 0 saturated carbocycles. The minimum Gasteiger partial charge on any atom is -0.497 e. The molecule has 214 valence electrons. The topological polar surface area (TPSA) is 130 Å². The van der Waals surface area contributed by atoms with E-state index in [4.69, 9.17) is 9.47 Å². The van der Waals surface area contributed by atoms with Crippen LogP contribution in [0.5, 0.6) is 11.5 Å². The largest absolute Gasteiger partial charge is 0.497 e. The Labute approximate surface area is 240 Å². The summed E-state index contributed by atoms with van der Waals surface area (Å²) in [6, 6.07) is 15.8. The van der Waals surface area contributed by atoms with Crippen LogP contribution in [0.1, 0.15) is 46.5 Å². The van der Waals surface area contributed by atoms with Gasteiger partial charge in [-0.15, -0.1) is 0 Å². The van der Waals surface area contributed by atoms with Crippen molar-refractivity contribution in [3.8, 4) is 11.5 Å². The van der Waals surface area contributed by atoms with Crippen molar-refractivity contribution in [3.63, 3.8) is 0 Å². The highest BCUT2D eigenvalue weighted by atomic mass is 16.5. The van der Waals surface area contributed by atoms with Crippen LogP contribution in [-0.2, 0) is 17.9 Å². The number of hydrogen-bond acceptors (Lipinski definition) is 8. The molecule has 10 heteroatoms. The van der Waals surface area contributed by atoms with E-state index < -0.39 is 17.2 Å². The van der Waals surface area contributed by atoms with Crippen LogP contribution in [0.15, 0.2) is 76.6 Å². The summed E-state index contributed by atoms with van der Waals surface area (Å²) in [6.07, 6.45) is 2.05. The number of aromatic nitrogens is 3. The van der Waals surface area contributed by atoms with Crippen molar-refractivity contribution in [2.75, 3.05) is 14.2 Å². The Kier molecular flexibility index (Phi) is 7.99. The lowest BCUT2D eigenvalue weighted by molar-refractivity contribution is -0.118. The zero-order valence-electron chi connectivity index (χ0n) is 23.4. The van der Waals surface area contributed by atoms with Gasteiger partial charge in [-0.1, -0.05) is 24.3 Å². The van der Waals surface area contributed by atoms with Gasteiger partial charge in [0.2, 0.25) is 0 Å². The summed E-state index contributed by atoms with van der Waals surface area (Å²) in [4.78, 5) is 56.0. The van der Waals surface area contributed by atoms with E-state index >= 15 is 0 Å². The van der Waals surface area contributed by atoms with Crippen molar-refractivity contribution >= 4 is 33.9 Å². The summed E-state index contributed by atoms with van der Waals surface area (Å²) in [5.41, 5.74) is 1.36. The molecule has 0 amide bonds. The highest BCUT2D eigenvalue weighted by molar-refractivity contribution is 6.00. The number of methoxy groups -OCH3 is 2. The standard InChI is InChI=1S/C32H29N3O7/c1-19(37)12-28(38)27-17-35(15-21-6-10-24(42-3)11-7-21)32(40)26-13-25-29(33-30(26)27)22(18-36)16-34(31(25)39)14-20-4-8-23(41-2)9-5-20/h4-11,13,16-18,28,38H,12,14-15H2,1-3H3. The third-order valence-corrected chi connectivity index (χ3v) is 7.13. The summed E-state index contributed by atoms with van der Waals surface area (Å²) in [7, 11) is 3.12. The average Bonchev–Trinajstić information content (AvgIpc) is 2.99. The number of ether oxygens (including phenoxy) is 2. The number of benzene rings is 2. The first-order valence-electron chi connectivity index (χ1n) is 13.2. The molecule has 3 aromatic heterocycles. The van der Waals surface area contributed by atoms with Crippen molar-refractivity contribution in [2.24, 2.45) is 0 Å². The predicted molar refractivity (Wildman–Crippen MR) is 158 cm³/mol. The normalized spacial score (nSPS) is 11.9. The molecule has 0 spiro atoms. The van der Waals surface area contributed by atoms with Gasteiger partial charge in [0.05, 0.1) is 60.8 Å². The third kappa shape index (κ3) is 5.57. The van der Waals surface area contributed by atoms with Crippen LogP contribution in [0.25, 0.3) is 21.8 Å². The summed E-state index contributed by atoms with van der Waals surface area (Å²) < 4.78 is 13.2. The molecule has 0 radical (unpaired) electrons. The van der Waals surface area contributed by atoms with Crippen molar-refractivity contribution in [1.82, 2.24) is 14.1 Å². The van der Waals surface area contributed by atoms with Gasteiger partial charge in [0.15, 0.2) is 6.29 Å². The average molecular weight is 568 g/mol. The van der Waals surface area contributed by atoms with E-state index in [0.29, 0.717) is 17.8 Å². The number of carbonyl (C=O) groups excluding carboxylic acids is 2. The number of nitrogens with zero attached hydrogens (tertiary/aromatic N) is 3. The molecule has 1 N–H and O–H groups in total. The number of carbonyl (C=O) groups is 2. The van der Waals surface area contributed by atoms with Gasteiger partial charge < -0.3 is 23.7 Å². The molecule has 1 unspecified atom stereocenters. The molecular formula is C32H29N3O7. The molecule has 3 heterocycles. The Balaban J connectivity index is 1.72. The molecule has 2 aromatic carbocycles. The Morgan fingerprint density at radius 2 is 1.36 bits per heavy atom. The summed E-state index contributed by atoms with van der Waals surface area (Å²) in [5.74, 6) is 1.08. The van der Waals surface area contributed by atoms with Gasteiger partial charge in [0, 0.05) is 24.4 Å². The monoisotopic (exact) mass is 567 g/mol. The summed E-state index contributed by atoms with van der Waals surface area (Å²) in [5, 5.41) is 11.2. The van der Waals surface area contributed by atoms with Crippen LogP contribution in [0.4, 0.5) is 0 Å². The Bertz CT molecular complexity index is 1920. The SMILES string of the molecule is COc1ccc(Cn2cc(C=O)c3nc4c(C(O)CC(C)=O)cn(Cc5ccc(OC)cc5)c(=O)c4cc3c2=O)cc1. The number of hydrogen-bond donors (Lipinski definition) is 1. The number of ketones is 1. The highest BCUT2D eigenvalue weighted by Gasteiger charge is 2.21. The van der Waals surface area contributed by atoms with Gasteiger partial charge >= 0.3 is 0 Å². The van der Waals surface area contributed by atoms with Gasteiger partial charge in [-0.2, -0.15) is 0 Å². The molecule has 1 atom stereocenters. The van der Waals surface area contributed by atoms with Crippen LogP contribution in [0, 0.1) is 0 Å². The maximum Gasteiger partial charge on any atom is 0.260 e. The molecular weight excluding hydrogens is 538 g/mol. The fourth-order valence-electron chi connectivity index (χ4n) is 4.97. The van der Waals surface area contributed by atoms with E-state index in [1.807, 2.05) is 24.3 Å². The number of Topliss-reactive ketones (excluding diaryl/α,β-unsaturated/α-hetero) is 1. The first-order chi connectivity index (χ1) is 20.2. The third-order valence-electron chi connectivity index (χ3n) is 7.13. The molecule has 42 heavy (non-hydrogen) atoms. The lowest BCUT2D eigenvalue weighted by Crippen LogP contribution is -2.25. The molecule has 10 nitrogen and oxygen atoms in total. The number of aldehydes is 1. The van der Waals surface area contributed by atoms with E-state index in [1.54, 1.807) is 38.5 Å². The first kappa shape index (κ1) is 28.4. The maximum atomic E-state index is 13.8. The summed E-state index contributed by atoms with van der Waals surface area (Å²) in [6.45, 7) is 1.70. The highest BCUT2D eigenvalue weighted by Crippen LogP contribution is 2.27. The second kappa shape index (κ2) is 11.8. The van der Waals surface area contributed by atoms with Gasteiger partial charge in [0.25, 0.3) is 11.1 Å². The lowest BCUT2D eigenvalue weighted by Gasteiger charge is -2.17. The van der Waals surface area contributed by atoms with Crippen molar-refractivity contribution in [2.45, 2.75) is 32.5 Å². The fraction of sp³-hybridized carbons (Fsp3) is 0.219. The van der Waals surface area contributed by atoms with E-state index in [-0.39, 0.29) is 58.2 Å². The fourth-order valence-corrected chi connectivity index (χ4v) is 4.97. The Morgan fingerprint density at radius 1 is 0.857 bits per heavy atom. The Morgan fingerprint density at radius 3 is 1.83 bits per heavy atom. The number of rotatable bonds is 10. The molecule has 0 saturated heterocycles. The Hall–Kier alpha value is -5.09. The zero-order chi connectivity index (χ0) is 30.0. The molecule has 0 aliphatic rings. The number of aliphatic hydroxyl groups is 1. The maximum absolute atomic E-state index is 13.8. The van der Waals surface area contributed by atoms with Gasteiger partial charge in [-0.05, 0) is 48.4 Å². The molecule has 0 bridgehead atoms. The molecule has 0 aliphatic carbocycles. The first-order valence-corrected chi connectivity index (χ1v) is 13.2. The minimum absolute atomic E-state index is 0.0897. The van der Waals surface area contributed by atoms with Gasteiger partial charge in [-0.25, -0.2) is 4.98 Å². The quantitative estimate of drug-likeness (QED) is 0.200. The van der Waals surface area contributed by atoms with E-state index in [9.17, 15) is 24.3 Å². The molecule has 5 aromatic rings. The van der Waals surface area contributed by atoms with Crippen molar-refractivity contribution < 1.29 is 24.2 Å². The van der Waals surface area contributed by atoms with Crippen LogP contribution in [0.2, 0.25) is 0 Å². The van der Waals surface area contributed by atoms with E-state index in [1.165, 1.54) is 34.5 Å². The van der Waals surface area contributed by atoms with E-state index in [0.717, 1.165) is 11.1 Å². The van der Waals surface area contributed by atoms with Crippen LogP contribution in [0.3, 0.4) is 0 Å². The number of aliphatic hydroxyl groups excluding tert-OH is 1. The molecule has 5 rings (SSSR count). The van der Waals surface area contributed by atoms with Crippen LogP contribution < -0.4 is 20.6 Å². The lowest BCUT2D eigenvalue weighted by atomic mass is 10.0. The van der Waals surface area contributed by atoms with Crippen molar-refractivity contribution in [1.29, 1.82) is 0 Å². The summed E-state index contributed by atoms with van der Waals surface area (Å²) >= 11 is 0. The number of pyridine rings is 3. The second-order valence-corrected chi connectivity index (χ2v) is 10.1. The molecule has 0 aliphatic heterocycles. The van der Waals surface area contributed by atoms with Gasteiger partial charge in [0.1, 0.15) is 17.3 Å². The van der Waals surface area contributed by atoms with Crippen molar-refractivity contribution in [3.05, 3.63) is 110 Å². The zero-order valence-corrected chi connectivity index (χ0v) is 23.4.